The number of hydrazine groups is 1. The highest BCUT2D eigenvalue weighted by molar-refractivity contribution is 6.37. The molecule has 1 rings (SSSR count). The molecule has 4 nitrogen and oxygen atoms in total. The van der Waals surface area contributed by atoms with E-state index in [1.165, 1.54) is 6.07 Å². The number of anilines is 1. The standard InChI is InChI=1S/C10H13Cl2N3O/c1-5(2)14-9-7(10(16)15-13)3-6(11)4-8(9)12/h3-5,14H,13H2,1-2H3,(H,15,16). The molecule has 1 aromatic rings. The van der Waals surface area contributed by atoms with Gasteiger partial charge in [-0.1, -0.05) is 23.2 Å². The molecule has 0 aliphatic carbocycles. The quantitative estimate of drug-likeness (QED) is 0.445. The summed E-state index contributed by atoms with van der Waals surface area (Å²) in [4.78, 5) is 11.5. The van der Waals surface area contributed by atoms with E-state index < -0.39 is 5.91 Å². The number of nitrogens with one attached hydrogen (secondary N) is 2. The Morgan fingerprint density at radius 1 is 1.38 bits per heavy atom. The second-order valence-electron chi connectivity index (χ2n) is 3.58. The van der Waals surface area contributed by atoms with Crippen LogP contribution in [-0.2, 0) is 0 Å². The van der Waals surface area contributed by atoms with Crippen molar-refractivity contribution in [3.8, 4) is 0 Å². The third-order valence-corrected chi connectivity index (χ3v) is 2.38. The number of hydrogen-bond donors (Lipinski definition) is 3. The molecule has 4 N–H and O–H groups in total. The van der Waals surface area contributed by atoms with E-state index >= 15 is 0 Å². The molecule has 0 aliphatic heterocycles. The van der Waals surface area contributed by atoms with E-state index in [0.717, 1.165) is 0 Å². The Morgan fingerprint density at radius 3 is 2.50 bits per heavy atom. The van der Waals surface area contributed by atoms with Gasteiger partial charge in [0, 0.05) is 11.1 Å². The summed E-state index contributed by atoms with van der Waals surface area (Å²) in [6.45, 7) is 3.88. The first-order chi connectivity index (χ1) is 7.45. The van der Waals surface area contributed by atoms with Gasteiger partial charge >= 0.3 is 0 Å². The van der Waals surface area contributed by atoms with Gasteiger partial charge in [-0.3, -0.25) is 10.2 Å². The van der Waals surface area contributed by atoms with E-state index in [4.69, 9.17) is 29.0 Å². The molecule has 0 fully saturated rings. The highest BCUT2D eigenvalue weighted by Gasteiger charge is 2.15. The zero-order chi connectivity index (χ0) is 12.3. The zero-order valence-electron chi connectivity index (χ0n) is 8.97. The summed E-state index contributed by atoms with van der Waals surface area (Å²) in [6.07, 6.45) is 0. The van der Waals surface area contributed by atoms with Crippen molar-refractivity contribution in [2.24, 2.45) is 5.84 Å². The molecule has 0 saturated heterocycles. The first kappa shape index (κ1) is 13.1. The van der Waals surface area contributed by atoms with Crippen molar-refractivity contribution in [1.82, 2.24) is 5.43 Å². The summed E-state index contributed by atoms with van der Waals surface area (Å²) < 4.78 is 0. The molecule has 0 heterocycles. The fraction of sp³-hybridized carbons (Fsp3) is 0.300. The number of amides is 1. The predicted octanol–water partition coefficient (Wildman–Crippen LogP) is 2.42. The monoisotopic (exact) mass is 261 g/mol. The molecule has 0 atom stereocenters. The van der Waals surface area contributed by atoms with Gasteiger partial charge in [-0.2, -0.15) is 0 Å². The fourth-order valence-electron chi connectivity index (χ4n) is 1.27. The summed E-state index contributed by atoms with van der Waals surface area (Å²) in [5.41, 5.74) is 2.91. The maximum absolute atomic E-state index is 11.5. The normalized spacial score (nSPS) is 10.4. The molecule has 16 heavy (non-hydrogen) atoms. The Bertz CT molecular complexity index is 407. The van der Waals surface area contributed by atoms with Crippen LogP contribution in [0, 0.1) is 0 Å². The van der Waals surface area contributed by atoms with Crippen LogP contribution in [0.1, 0.15) is 24.2 Å². The Kier molecular flexibility index (Phi) is 4.41. The molecule has 0 radical (unpaired) electrons. The van der Waals surface area contributed by atoms with Crippen LogP contribution in [0.25, 0.3) is 0 Å². The fourth-order valence-corrected chi connectivity index (χ4v) is 1.81. The lowest BCUT2D eigenvalue weighted by Gasteiger charge is -2.16. The number of rotatable bonds is 3. The van der Waals surface area contributed by atoms with Crippen molar-refractivity contribution in [3.63, 3.8) is 0 Å². The minimum atomic E-state index is -0.437. The topological polar surface area (TPSA) is 67.2 Å². The zero-order valence-corrected chi connectivity index (χ0v) is 10.5. The first-order valence-electron chi connectivity index (χ1n) is 4.72. The van der Waals surface area contributed by atoms with E-state index in [1.807, 2.05) is 13.8 Å². The van der Waals surface area contributed by atoms with E-state index in [-0.39, 0.29) is 6.04 Å². The number of hydrogen-bond acceptors (Lipinski definition) is 3. The minimum absolute atomic E-state index is 0.142. The van der Waals surface area contributed by atoms with Gasteiger partial charge < -0.3 is 5.32 Å². The molecule has 0 bridgehead atoms. The second-order valence-corrected chi connectivity index (χ2v) is 4.43. The summed E-state index contributed by atoms with van der Waals surface area (Å²) in [7, 11) is 0. The summed E-state index contributed by atoms with van der Waals surface area (Å²) >= 11 is 11.8. The average molecular weight is 262 g/mol. The van der Waals surface area contributed by atoms with Gasteiger partial charge in [0.1, 0.15) is 0 Å². The van der Waals surface area contributed by atoms with Gasteiger partial charge in [-0.15, -0.1) is 0 Å². The Morgan fingerprint density at radius 2 is 2.00 bits per heavy atom. The lowest BCUT2D eigenvalue weighted by atomic mass is 10.1. The number of nitrogen functional groups attached to an aromatic ring is 1. The van der Waals surface area contributed by atoms with Crippen LogP contribution in [0.15, 0.2) is 12.1 Å². The van der Waals surface area contributed by atoms with Crippen LogP contribution in [-0.4, -0.2) is 11.9 Å². The molecule has 0 unspecified atom stereocenters. The Balaban J connectivity index is 3.26. The third-order valence-electron chi connectivity index (χ3n) is 1.86. The van der Waals surface area contributed by atoms with Gasteiger partial charge in [0.25, 0.3) is 5.91 Å². The van der Waals surface area contributed by atoms with Crippen molar-refractivity contribution in [3.05, 3.63) is 27.7 Å². The molecule has 6 heteroatoms. The Labute approximate surface area is 104 Å². The number of carbonyl (C=O) groups excluding carboxylic acids is 1. The van der Waals surface area contributed by atoms with Gasteiger partial charge in [0.05, 0.1) is 16.3 Å². The largest absolute Gasteiger partial charge is 0.381 e. The van der Waals surface area contributed by atoms with E-state index in [1.54, 1.807) is 6.07 Å². The van der Waals surface area contributed by atoms with Crippen LogP contribution in [0.4, 0.5) is 5.69 Å². The summed E-state index contributed by atoms with van der Waals surface area (Å²) in [6, 6.07) is 3.23. The lowest BCUT2D eigenvalue weighted by molar-refractivity contribution is 0.0954. The van der Waals surface area contributed by atoms with Crippen molar-refractivity contribution in [1.29, 1.82) is 0 Å². The van der Waals surface area contributed by atoms with Crippen molar-refractivity contribution >= 4 is 34.8 Å². The van der Waals surface area contributed by atoms with Gasteiger partial charge in [-0.05, 0) is 26.0 Å². The van der Waals surface area contributed by atoms with Crippen LogP contribution >= 0.6 is 23.2 Å². The molecule has 0 saturated carbocycles. The number of benzene rings is 1. The van der Waals surface area contributed by atoms with Gasteiger partial charge in [0.15, 0.2) is 0 Å². The highest BCUT2D eigenvalue weighted by Crippen LogP contribution is 2.30. The van der Waals surface area contributed by atoms with Crippen LogP contribution in [0.5, 0.6) is 0 Å². The Hall–Kier alpha value is -0.970. The van der Waals surface area contributed by atoms with Gasteiger partial charge in [-0.25, -0.2) is 5.84 Å². The molecule has 1 amide bonds. The number of nitrogens with two attached hydrogens (primary N) is 1. The highest BCUT2D eigenvalue weighted by atomic mass is 35.5. The third kappa shape index (κ3) is 3.01. The number of halogens is 2. The van der Waals surface area contributed by atoms with Crippen molar-refractivity contribution < 1.29 is 4.79 Å². The van der Waals surface area contributed by atoms with Gasteiger partial charge in [0.2, 0.25) is 0 Å². The van der Waals surface area contributed by atoms with E-state index in [0.29, 0.717) is 21.3 Å². The minimum Gasteiger partial charge on any atom is -0.381 e. The summed E-state index contributed by atoms with van der Waals surface area (Å²) in [5, 5.41) is 3.85. The lowest BCUT2D eigenvalue weighted by Crippen LogP contribution is -2.31. The number of carbonyl (C=O) groups is 1. The smallest absolute Gasteiger partial charge is 0.267 e. The van der Waals surface area contributed by atoms with Crippen molar-refractivity contribution in [2.45, 2.75) is 19.9 Å². The van der Waals surface area contributed by atoms with E-state index in [9.17, 15) is 4.79 Å². The second kappa shape index (κ2) is 5.39. The molecular formula is C10H13Cl2N3O. The van der Waals surface area contributed by atoms with Crippen LogP contribution in [0.3, 0.4) is 0 Å². The maximum atomic E-state index is 11.5. The summed E-state index contributed by atoms with van der Waals surface area (Å²) in [5.74, 6) is 4.65. The molecule has 0 aliphatic rings. The molecule has 88 valence electrons. The predicted molar refractivity (Wildman–Crippen MR) is 66.9 cm³/mol. The maximum Gasteiger partial charge on any atom is 0.267 e. The molecule has 1 aromatic carbocycles. The molecular weight excluding hydrogens is 249 g/mol. The van der Waals surface area contributed by atoms with Crippen LogP contribution in [0.2, 0.25) is 10.0 Å². The average Bonchev–Trinajstić information content (AvgIpc) is 2.20. The van der Waals surface area contributed by atoms with Crippen LogP contribution < -0.4 is 16.6 Å². The molecule has 0 spiro atoms. The molecule has 0 aromatic heterocycles. The first-order valence-corrected chi connectivity index (χ1v) is 5.47. The van der Waals surface area contributed by atoms with E-state index in [2.05, 4.69) is 10.7 Å². The van der Waals surface area contributed by atoms with Crippen molar-refractivity contribution in [2.75, 3.05) is 5.32 Å². The SMILES string of the molecule is CC(C)Nc1c(Cl)cc(Cl)cc1C(=O)NN.